The first-order valence-corrected chi connectivity index (χ1v) is 4.29. The predicted octanol–water partition coefficient (Wildman–Crippen LogP) is 0.798. The SMILES string of the molecule is COc1cc(CCO)cc(NC=O)c1. The lowest BCUT2D eigenvalue weighted by Crippen LogP contribution is -1.98. The summed E-state index contributed by atoms with van der Waals surface area (Å²) in [5.41, 5.74) is 1.60. The lowest BCUT2D eigenvalue weighted by Gasteiger charge is -2.07. The second kappa shape index (κ2) is 5.24. The van der Waals surface area contributed by atoms with E-state index < -0.39 is 0 Å². The molecule has 4 nitrogen and oxygen atoms in total. The summed E-state index contributed by atoms with van der Waals surface area (Å²) in [6, 6.07) is 5.34. The number of aliphatic hydroxyl groups excluding tert-OH is 1. The fourth-order valence-electron chi connectivity index (χ4n) is 1.20. The molecule has 4 heteroatoms. The molecule has 1 rings (SSSR count). The van der Waals surface area contributed by atoms with Gasteiger partial charge in [0.1, 0.15) is 5.75 Å². The van der Waals surface area contributed by atoms with Gasteiger partial charge in [-0.1, -0.05) is 0 Å². The van der Waals surface area contributed by atoms with E-state index >= 15 is 0 Å². The molecule has 0 radical (unpaired) electrons. The van der Waals surface area contributed by atoms with Crippen molar-refractivity contribution in [2.75, 3.05) is 19.0 Å². The van der Waals surface area contributed by atoms with E-state index in [0.29, 0.717) is 24.3 Å². The van der Waals surface area contributed by atoms with E-state index in [2.05, 4.69) is 5.32 Å². The number of hydrogen-bond donors (Lipinski definition) is 2. The number of methoxy groups -OCH3 is 1. The molecule has 0 aromatic heterocycles. The monoisotopic (exact) mass is 195 g/mol. The molecular formula is C10H13NO3. The zero-order valence-corrected chi connectivity index (χ0v) is 7.99. The lowest BCUT2D eigenvalue weighted by atomic mass is 10.1. The topological polar surface area (TPSA) is 58.6 Å². The number of amides is 1. The van der Waals surface area contributed by atoms with E-state index in [9.17, 15) is 4.79 Å². The second-order valence-corrected chi connectivity index (χ2v) is 2.81. The molecule has 0 unspecified atom stereocenters. The first-order valence-electron chi connectivity index (χ1n) is 4.29. The maximum absolute atomic E-state index is 10.2. The Morgan fingerprint density at radius 2 is 2.29 bits per heavy atom. The molecule has 0 aliphatic carbocycles. The number of nitrogens with one attached hydrogen (secondary N) is 1. The maximum atomic E-state index is 10.2. The van der Waals surface area contributed by atoms with Gasteiger partial charge in [-0.05, 0) is 24.1 Å². The van der Waals surface area contributed by atoms with E-state index in [4.69, 9.17) is 9.84 Å². The Labute approximate surface area is 82.5 Å². The molecule has 1 amide bonds. The number of benzene rings is 1. The van der Waals surface area contributed by atoms with Crippen molar-refractivity contribution in [3.05, 3.63) is 23.8 Å². The maximum Gasteiger partial charge on any atom is 0.211 e. The van der Waals surface area contributed by atoms with Crippen LogP contribution in [0, 0.1) is 0 Å². The van der Waals surface area contributed by atoms with Gasteiger partial charge in [0, 0.05) is 18.4 Å². The number of rotatable bonds is 5. The van der Waals surface area contributed by atoms with Gasteiger partial charge in [-0.2, -0.15) is 0 Å². The highest BCUT2D eigenvalue weighted by atomic mass is 16.5. The lowest BCUT2D eigenvalue weighted by molar-refractivity contribution is -0.105. The molecule has 0 bridgehead atoms. The van der Waals surface area contributed by atoms with E-state index in [0.717, 1.165) is 5.56 Å². The van der Waals surface area contributed by atoms with Gasteiger partial charge in [-0.15, -0.1) is 0 Å². The molecule has 0 heterocycles. The number of hydrogen-bond acceptors (Lipinski definition) is 3. The molecule has 0 aliphatic heterocycles. The van der Waals surface area contributed by atoms with Crippen molar-refractivity contribution in [3.8, 4) is 5.75 Å². The Bertz CT molecular complexity index is 312. The quantitative estimate of drug-likeness (QED) is 0.683. The average Bonchev–Trinajstić information content (AvgIpc) is 2.18. The number of aliphatic hydroxyl groups is 1. The molecule has 1 aromatic rings. The Morgan fingerprint density at radius 3 is 2.86 bits per heavy atom. The first-order chi connectivity index (χ1) is 6.80. The zero-order chi connectivity index (χ0) is 10.4. The molecule has 0 saturated heterocycles. The third-order valence-corrected chi connectivity index (χ3v) is 1.83. The minimum Gasteiger partial charge on any atom is -0.497 e. The van der Waals surface area contributed by atoms with E-state index in [1.165, 1.54) is 0 Å². The number of ether oxygens (including phenoxy) is 1. The van der Waals surface area contributed by atoms with Crippen LogP contribution in [0.4, 0.5) is 5.69 Å². The van der Waals surface area contributed by atoms with Crippen molar-refractivity contribution >= 4 is 12.1 Å². The third kappa shape index (κ3) is 2.74. The van der Waals surface area contributed by atoms with Gasteiger partial charge < -0.3 is 15.2 Å². The summed E-state index contributed by atoms with van der Waals surface area (Å²) in [6.45, 7) is 0.0771. The van der Waals surface area contributed by atoms with Gasteiger partial charge in [0.2, 0.25) is 6.41 Å². The van der Waals surface area contributed by atoms with Gasteiger partial charge in [0.25, 0.3) is 0 Å². The van der Waals surface area contributed by atoms with Gasteiger partial charge in [0.05, 0.1) is 7.11 Å². The summed E-state index contributed by atoms with van der Waals surface area (Å²) in [7, 11) is 1.56. The molecule has 14 heavy (non-hydrogen) atoms. The average molecular weight is 195 g/mol. The molecule has 76 valence electrons. The third-order valence-electron chi connectivity index (χ3n) is 1.83. The molecule has 0 saturated carbocycles. The summed E-state index contributed by atoms with van der Waals surface area (Å²) < 4.78 is 5.05. The van der Waals surface area contributed by atoms with Crippen LogP contribution in [0.2, 0.25) is 0 Å². The summed E-state index contributed by atoms with van der Waals surface area (Å²) in [5.74, 6) is 0.667. The summed E-state index contributed by atoms with van der Waals surface area (Å²) in [5, 5.41) is 11.3. The second-order valence-electron chi connectivity index (χ2n) is 2.81. The number of carbonyl (C=O) groups excluding carboxylic acids is 1. The van der Waals surface area contributed by atoms with E-state index in [1.807, 2.05) is 6.07 Å². The highest BCUT2D eigenvalue weighted by Crippen LogP contribution is 2.20. The van der Waals surface area contributed by atoms with Crippen molar-refractivity contribution < 1.29 is 14.6 Å². The predicted molar refractivity (Wildman–Crippen MR) is 53.5 cm³/mol. The first kappa shape index (κ1) is 10.5. The van der Waals surface area contributed by atoms with Crippen molar-refractivity contribution in [2.45, 2.75) is 6.42 Å². The van der Waals surface area contributed by atoms with Crippen LogP contribution in [0.3, 0.4) is 0 Å². The summed E-state index contributed by atoms with van der Waals surface area (Å²) >= 11 is 0. The van der Waals surface area contributed by atoms with Crippen LogP contribution in [-0.2, 0) is 11.2 Å². The number of anilines is 1. The Balaban J connectivity index is 2.93. The Kier molecular flexibility index (Phi) is 3.94. The number of carbonyl (C=O) groups is 1. The molecular weight excluding hydrogens is 182 g/mol. The Morgan fingerprint density at radius 1 is 1.50 bits per heavy atom. The molecule has 0 aliphatic rings. The molecule has 0 fully saturated rings. The van der Waals surface area contributed by atoms with Crippen molar-refractivity contribution in [1.82, 2.24) is 0 Å². The van der Waals surface area contributed by atoms with E-state index in [-0.39, 0.29) is 6.61 Å². The van der Waals surface area contributed by atoms with Crippen LogP contribution in [0.5, 0.6) is 5.75 Å². The van der Waals surface area contributed by atoms with Crippen molar-refractivity contribution in [3.63, 3.8) is 0 Å². The summed E-state index contributed by atoms with van der Waals surface area (Å²) in [6.07, 6.45) is 1.15. The largest absolute Gasteiger partial charge is 0.497 e. The fourth-order valence-corrected chi connectivity index (χ4v) is 1.20. The minimum absolute atomic E-state index is 0.0771. The standard InChI is InChI=1S/C10H13NO3/c1-14-10-5-8(2-3-12)4-9(6-10)11-7-13/h4-7,12H,2-3H2,1H3,(H,11,13). The van der Waals surface area contributed by atoms with Crippen LogP contribution >= 0.6 is 0 Å². The smallest absolute Gasteiger partial charge is 0.211 e. The normalized spacial score (nSPS) is 9.57. The molecule has 1 aromatic carbocycles. The molecule has 2 N–H and O–H groups in total. The van der Waals surface area contributed by atoms with Crippen LogP contribution in [-0.4, -0.2) is 25.2 Å². The van der Waals surface area contributed by atoms with E-state index in [1.54, 1.807) is 19.2 Å². The van der Waals surface area contributed by atoms with Gasteiger partial charge in [0.15, 0.2) is 0 Å². The van der Waals surface area contributed by atoms with Crippen LogP contribution in [0.1, 0.15) is 5.56 Å². The van der Waals surface area contributed by atoms with Gasteiger partial charge in [-0.25, -0.2) is 0 Å². The summed E-state index contributed by atoms with van der Waals surface area (Å²) in [4.78, 5) is 10.2. The van der Waals surface area contributed by atoms with Crippen LogP contribution < -0.4 is 10.1 Å². The fraction of sp³-hybridized carbons (Fsp3) is 0.300. The zero-order valence-electron chi connectivity index (χ0n) is 7.99. The highest BCUT2D eigenvalue weighted by molar-refractivity contribution is 5.72. The van der Waals surface area contributed by atoms with Crippen LogP contribution in [0.25, 0.3) is 0 Å². The van der Waals surface area contributed by atoms with Gasteiger partial charge in [-0.3, -0.25) is 4.79 Å². The highest BCUT2D eigenvalue weighted by Gasteiger charge is 2.00. The van der Waals surface area contributed by atoms with Crippen LogP contribution in [0.15, 0.2) is 18.2 Å². The minimum atomic E-state index is 0.0771. The molecule has 0 atom stereocenters. The Hall–Kier alpha value is -1.55. The van der Waals surface area contributed by atoms with Crippen molar-refractivity contribution in [1.29, 1.82) is 0 Å². The van der Waals surface area contributed by atoms with Gasteiger partial charge >= 0.3 is 0 Å². The molecule has 0 spiro atoms. The van der Waals surface area contributed by atoms with Crippen molar-refractivity contribution in [2.24, 2.45) is 0 Å².